The summed E-state index contributed by atoms with van der Waals surface area (Å²) in [5, 5.41) is 18.3. The van der Waals surface area contributed by atoms with Crippen LogP contribution in [0, 0.1) is 17.0 Å². The summed E-state index contributed by atoms with van der Waals surface area (Å²) in [7, 11) is 3.90. The van der Waals surface area contributed by atoms with Gasteiger partial charge in [-0.25, -0.2) is 4.98 Å². The summed E-state index contributed by atoms with van der Waals surface area (Å²) in [5.74, 6) is -0.335. The SMILES string of the molecule is Cc1csc(Sc2ccc(C(=O)NCC(c3cccs3)N(C)C)cc2[N+](=O)[O-])n1. The van der Waals surface area contributed by atoms with Crippen LogP contribution in [0.1, 0.15) is 27.0 Å². The van der Waals surface area contributed by atoms with E-state index in [2.05, 4.69) is 10.3 Å². The third kappa shape index (κ3) is 5.41. The summed E-state index contributed by atoms with van der Waals surface area (Å²) in [6.07, 6.45) is 0. The molecule has 1 unspecified atom stereocenters. The first kappa shape index (κ1) is 21.4. The first-order valence-electron chi connectivity index (χ1n) is 8.71. The molecule has 7 nitrogen and oxygen atoms in total. The van der Waals surface area contributed by atoms with Crippen LogP contribution in [0.5, 0.6) is 0 Å². The second kappa shape index (κ2) is 9.49. The fourth-order valence-electron chi connectivity index (χ4n) is 2.67. The molecule has 0 fully saturated rings. The van der Waals surface area contributed by atoms with Crippen molar-refractivity contribution in [3.8, 4) is 0 Å². The number of rotatable bonds is 8. The van der Waals surface area contributed by atoms with E-state index in [9.17, 15) is 14.9 Å². The molecule has 1 aromatic carbocycles. The summed E-state index contributed by atoms with van der Waals surface area (Å²) in [5.41, 5.74) is 1.04. The van der Waals surface area contributed by atoms with Crippen molar-refractivity contribution >= 4 is 46.0 Å². The Hall–Kier alpha value is -2.27. The number of nitro groups is 1. The number of amides is 1. The number of aromatic nitrogens is 1. The van der Waals surface area contributed by atoms with Crippen molar-refractivity contribution in [2.45, 2.75) is 22.2 Å². The normalized spacial score (nSPS) is 12.1. The molecular weight excluding hydrogens is 428 g/mol. The molecule has 2 aromatic heterocycles. The average molecular weight is 449 g/mol. The second-order valence-corrected chi connectivity index (χ2v) is 9.63. The molecule has 3 aromatic rings. The Kier molecular flexibility index (Phi) is 7.01. The molecule has 1 N–H and O–H groups in total. The number of nitrogens with zero attached hydrogens (tertiary/aromatic N) is 3. The molecule has 29 heavy (non-hydrogen) atoms. The van der Waals surface area contributed by atoms with E-state index in [1.807, 2.05) is 48.8 Å². The molecule has 152 valence electrons. The van der Waals surface area contributed by atoms with Crippen LogP contribution in [0.4, 0.5) is 5.69 Å². The summed E-state index contributed by atoms with van der Waals surface area (Å²) < 4.78 is 0.729. The predicted molar refractivity (Wildman–Crippen MR) is 117 cm³/mol. The number of thiazole rings is 1. The number of hydrogen-bond donors (Lipinski definition) is 1. The van der Waals surface area contributed by atoms with E-state index >= 15 is 0 Å². The molecule has 0 saturated carbocycles. The Morgan fingerprint density at radius 3 is 2.72 bits per heavy atom. The van der Waals surface area contributed by atoms with Crippen LogP contribution in [0.2, 0.25) is 0 Å². The van der Waals surface area contributed by atoms with Gasteiger partial charge in [-0.3, -0.25) is 14.9 Å². The maximum atomic E-state index is 12.6. The summed E-state index contributed by atoms with van der Waals surface area (Å²) in [6, 6.07) is 8.59. The zero-order chi connectivity index (χ0) is 21.0. The molecular formula is C19H20N4O3S3. The zero-order valence-electron chi connectivity index (χ0n) is 16.1. The Morgan fingerprint density at radius 2 is 2.14 bits per heavy atom. The van der Waals surface area contributed by atoms with Crippen molar-refractivity contribution in [3.05, 3.63) is 67.3 Å². The van der Waals surface area contributed by atoms with Gasteiger partial charge in [0.1, 0.15) is 0 Å². The van der Waals surface area contributed by atoms with E-state index in [0.29, 0.717) is 11.4 Å². The van der Waals surface area contributed by atoms with Crippen LogP contribution in [0.15, 0.2) is 50.3 Å². The molecule has 0 spiro atoms. The van der Waals surface area contributed by atoms with Crippen molar-refractivity contribution in [2.75, 3.05) is 20.6 Å². The summed E-state index contributed by atoms with van der Waals surface area (Å²) >= 11 is 4.29. The van der Waals surface area contributed by atoms with E-state index in [0.717, 1.165) is 14.9 Å². The molecule has 0 aliphatic carbocycles. The predicted octanol–water partition coefficient (Wildman–Crippen LogP) is 4.61. The lowest BCUT2D eigenvalue weighted by Gasteiger charge is -2.23. The maximum Gasteiger partial charge on any atom is 0.284 e. The van der Waals surface area contributed by atoms with Gasteiger partial charge in [0.2, 0.25) is 0 Å². The first-order chi connectivity index (χ1) is 13.8. The number of nitrogens with one attached hydrogen (secondary N) is 1. The smallest absolute Gasteiger partial charge is 0.284 e. The number of aryl methyl sites for hydroxylation is 1. The molecule has 1 atom stereocenters. The molecule has 0 radical (unpaired) electrons. The van der Waals surface area contributed by atoms with E-state index in [1.54, 1.807) is 23.5 Å². The van der Waals surface area contributed by atoms with Gasteiger partial charge in [0.15, 0.2) is 4.34 Å². The van der Waals surface area contributed by atoms with Crippen LogP contribution < -0.4 is 5.32 Å². The van der Waals surface area contributed by atoms with Crippen molar-refractivity contribution in [1.29, 1.82) is 0 Å². The first-order valence-corrected chi connectivity index (χ1v) is 11.3. The highest BCUT2D eigenvalue weighted by molar-refractivity contribution is 8.01. The summed E-state index contributed by atoms with van der Waals surface area (Å²) in [6.45, 7) is 2.29. The number of hydrogen-bond acceptors (Lipinski definition) is 8. The third-order valence-corrected chi connectivity index (χ3v) is 7.26. The minimum atomic E-state index is -0.464. The number of carbonyl (C=O) groups is 1. The average Bonchev–Trinajstić information content (AvgIpc) is 3.33. The van der Waals surface area contributed by atoms with Gasteiger partial charge in [-0.15, -0.1) is 22.7 Å². The lowest BCUT2D eigenvalue weighted by atomic mass is 10.1. The van der Waals surface area contributed by atoms with Crippen LogP contribution in [-0.2, 0) is 0 Å². The minimum Gasteiger partial charge on any atom is -0.350 e. The fourth-order valence-corrected chi connectivity index (χ4v) is 5.47. The molecule has 3 rings (SSSR count). The highest BCUT2D eigenvalue weighted by Gasteiger charge is 2.21. The Bertz CT molecular complexity index is 1000. The zero-order valence-corrected chi connectivity index (χ0v) is 18.6. The number of benzene rings is 1. The largest absolute Gasteiger partial charge is 0.350 e. The van der Waals surface area contributed by atoms with Crippen molar-refractivity contribution in [3.63, 3.8) is 0 Å². The van der Waals surface area contributed by atoms with Gasteiger partial charge >= 0.3 is 0 Å². The number of likely N-dealkylation sites (N-methyl/N-ethyl adjacent to an activating group) is 1. The third-order valence-electron chi connectivity index (χ3n) is 4.16. The molecule has 0 aliphatic heterocycles. The number of carbonyl (C=O) groups excluding carboxylic acids is 1. The van der Waals surface area contributed by atoms with E-state index in [4.69, 9.17) is 0 Å². The van der Waals surface area contributed by atoms with Crippen LogP contribution in [-0.4, -0.2) is 41.4 Å². The fraction of sp³-hybridized carbons (Fsp3) is 0.263. The highest BCUT2D eigenvalue weighted by Crippen LogP contribution is 2.36. The van der Waals surface area contributed by atoms with Gasteiger partial charge < -0.3 is 10.2 Å². The summed E-state index contributed by atoms with van der Waals surface area (Å²) in [4.78, 5) is 31.7. The minimum absolute atomic E-state index is 0.0388. The molecule has 0 bridgehead atoms. The van der Waals surface area contributed by atoms with Gasteiger partial charge in [0.25, 0.3) is 11.6 Å². The standard InChI is InChI=1S/C19H20N4O3S3/c1-12-11-28-19(21-12)29-17-7-6-13(9-14(17)23(25)26)18(24)20-10-15(22(2)3)16-5-4-8-27-16/h4-9,11,15H,10H2,1-3H3,(H,20,24). The molecule has 0 saturated heterocycles. The van der Waals surface area contributed by atoms with Crippen LogP contribution in [0.25, 0.3) is 0 Å². The van der Waals surface area contributed by atoms with Crippen LogP contribution >= 0.6 is 34.4 Å². The quantitative estimate of drug-likeness (QED) is 0.400. The number of thiophene rings is 1. The van der Waals surface area contributed by atoms with E-state index < -0.39 is 4.92 Å². The Balaban J connectivity index is 1.75. The molecule has 2 heterocycles. The van der Waals surface area contributed by atoms with Gasteiger partial charge in [-0.1, -0.05) is 17.8 Å². The molecule has 0 aliphatic rings. The van der Waals surface area contributed by atoms with Crippen molar-refractivity contribution in [2.24, 2.45) is 0 Å². The van der Waals surface area contributed by atoms with Crippen molar-refractivity contribution in [1.82, 2.24) is 15.2 Å². The van der Waals surface area contributed by atoms with Crippen molar-refractivity contribution < 1.29 is 9.72 Å². The lowest BCUT2D eigenvalue weighted by molar-refractivity contribution is -0.387. The second-order valence-electron chi connectivity index (χ2n) is 6.50. The van der Waals surface area contributed by atoms with E-state index in [-0.39, 0.29) is 23.2 Å². The van der Waals surface area contributed by atoms with Gasteiger partial charge in [-0.2, -0.15) is 0 Å². The molecule has 1 amide bonds. The number of nitro benzene ring substituents is 1. The topological polar surface area (TPSA) is 88.4 Å². The maximum absolute atomic E-state index is 12.6. The molecule has 10 heteroatoms. The van der Waals surface area contributed by atoms with Gasteiger partial charge in [0.05, 0.1) is 15.9 Å². The van der Waals surface area contributed by atoms with Crippen LogP contribution in [0.3, 0.4) is 0 Å². The van der Waals surface area contributed by atoms with E-state index in [1.165, 1.54) is 29.2 Å². The van der Waals surface area contributed by atoms with Gasteiger partial charge in [0, 0.05) is 34.1 Å². The Morgan fingerprint density at radius 1 is 1.34 bits per heavy atom. The highest BCUT2D eigenvalue weighted by atomic mass is 32.2. The monoisotopic (exact) mass is 448 g/mol. The Labute approximate surface area is 180 Å². The lowest BCUT2D eigenvalue weighted by Crippen LogP contribution is -2.34. The van der Waals surface area contributed by atoms with Gasteiger partial charge in [-0.05, 0) is 44.6 Å².